The molecule has 2 aromatic carbocycles. The molecule has 0 aliphatic carbocycles. The van der Waals surface area contributed by atoms with Crippen molar-refractivity contribution >= 4 is 38.7 Å². The van der Waals surface area contributed by atoms with E-state index in [1.165, 1.54) is 0 Å². The van der Waals surface area contributed by atoms with E-state index in [2.05, 4.69) is 4.98 Å². The molecule has 0 radical (unpaired) electrons. The Hall–Kier alpha value is -2.34. The van der Waals surface area contributed by atoms with E-state index in [0.29, 0.717) is 16.3 Å². The summed E-state index contributed by atoms with van der Waals surface area (Å²) >= 11 is 9.53. The van der Waals surface area contributed by atoms with Crippen LogP contribution in [0.2, 0.25) is 0 Å². The second-order valence-electron chi connectivity index (χ2n) is 6.38. The molecule has 7 heteroatoms. The van der Waals surface area contributed by atoms with E-state index in [9.17, 15) is 8.42 Å². The lowest BCUT2D eigenvalue weighted by Gasteiger charge is -2.08. The molecule has 0 bridgehead atoms. The number of nitrogens with zero attached hydrogens (tertiary/aromatic N) is 2. The Kier molecular flexibility index (Phi) is 6.96. The zero-order chi connectivity index (χ0) is 20.9. The van der Waals surface area contributed by atoms with E-state index >= 15 is 0 Å². The summed E-state index contributed by atoms with van der Waals surface area (Å²) < 4.78 is 27.8. The maximum atomic E-state index is 13.0. The fourth-order valence-electron chi connectivity index (χ4n) is 3.02. The van der Waals surface area contributed by atoms with E-state index in [-0.39, 0.29) is 11.1 Å². The molecule has 0 aliphatic rings. The lowest BCUT2D eigenvalue weighted by atomic mass is 10.1. The molecular weight excluding hydrogens is 427 g/mol. The molecule has 0 fully saturated rings. The molecule has 0 saturated carbocycles. The number of alkyl halides is 2. The fraction of sp³-hybridized carbons (Fsp3) is 0.136. The topological polar surface area (TPSA) is 51.4 Å². The van der Waals surface area contributed by atoms with Gasteiger partial charge in [-0.1, -0.05) is 54.1 Å². The van der Waals surface area contributed by atoms with E-state index < -0.39 is 9.84 Å². The SMILES string of the molecule is Cc1ccc(S(=O)(=O)Cc2c(-c3ccccc3)nc3ccccn23)cc1.ClCCl. The van der Waals surface area contributed by atoms with Crippen molar-refractivity contribution in [2.75, 3.05) is 5.34 Å². The number of fused-ring (bicyclic) bond motifs is 1. The van der Waals surface area contributed by atoms with Gasteiger partial charge in [-0.05, 0) is 31.2 Å². The molecule has 4 aromatic rings. The number of benzene rings is 2. The average Bonchev–Trinajstić information content (AvgIpc) is 3.08. The van der Waals surface area contributed by atoms with Gasteiger partial charge < -0.3 is 4.40 Å². The van der Waals surface area contributed by atoms with E-state index in [1.807, 2.05) is 78.2 Å². The van der Waals surface area contributed by atoms with Gasteiger partial charge in [-0.2, -0.15) is 0 Å². The van der Waals surface area contributed by atoms with Crippen molar-refractivity contribution in [2.24, 2.45) is 0 Å². The Bertz CT molecular complexity index is 1190. The average molecular weight is 447 g/mol. The van der Waals surface area contributed by atoms with E-state index in [0.717, 1.165) is 16.8 Å². The summed E-state index contributed by atoms with van der Waals surface area (Å²) in [5, 5.41) is 0.194. The summed E-state index contributed by atoms with van der Waals surface area (Å²) in [7, 11) is -3.48. The molecule has 0 N–H and O–H groups in total. The third kappa shape index (κ3) is 4.99. The highest BCUT2D eigenvalue weighted by Crippen LogP contribution is 2.28. The summed E-state index contributed by atoms with van der Waals surface area (Å²) in [6.07, 6.45) is 1.86. The molecule has 0 spiro atoms. The normalized spacial score (nSPS) is 11.1. The monoisotopic (exact) mass is 446 g/mol. The lowest BCUT2D eigenvalue weighted by molar-refractivity contribution is 0.594. The highest BCUT2D eigenvalue weighted by atomic mass is 35.5. The van der Waals surface area contributed by atoms with Gasteiger partial charge in [0, 0.05) is 11.8 Å². The first-order valence-corrected chi connectivity index (χ1v) is 11.6. The Morgan fingerprint density at radius 3 is 2.17 bits per heavy atom. The molecule has 150 valence electrons. The van der Waals surface area contributed by atoms with Crippen molar-refractivity contribution in [1.82, 2.24) is 9.38 Å². The molecule has 29 heavy (non-hydrogen) atoms. The summed E-state index contributed by atoms with van der Waals surface area (Å²) in [6.45, 7) is 1.94. The van der Waals surface area contributed by atoms with Crippen molar-refractivity contribution in [1.29, 1.82) is 0 Å². The predicted octanol–water partition coefficient (Wildman–Crippen LogP) is 5.71. The fourth-order valence-corrected chi connectivity index (χ4v) is 4.37. The summed E-state index contributed by atoms with van der Waals surface area (Å²) in [4.78, 5) is 5.00. The van der Waals surface area contributed by atoms with Crippen LogP contribution in [0.4, 0.5) is 0 Å². The number of hydrogen-bond donors (Lipinski definition) is 0. The quantitative estimate of drug-likeness (QED) is 0.377. The lowest BCUT2D eigenvalue weighted by Crippen LogP contribution is -2.08. The minimum Gasteiger partial charge on any atom is -0.302 e. The standard InChI is InChI=1S/C21H18N2O2S.CH2Cl2/c1-16-10-12-18(13-11-16)26(24,25)15-19-21(17-7-3-2-4-8-17)22-20-9-5-6-14-23(19)20;2-1-3/h2-14H,15H2,1H3;1H2. The minimum absolute atomic E-state index is 0.106. The molecule has 0 aliphatic heterocycles. The van der Waals surface area contributed by atoms with Crippen LogP contribution < -0.4 is 0 Å². The second kappa shape index (κ2) is 9.44. The van der Waals surface area contributed by atoms with Crippen LogP contribution in [-0.4, -0.2) is 23.1 Å². The van der Waals surface area contributed by atoms with Crippen LogP contribution in [0.1, 0.15) is 11.3 Å². The van der Waals surface area contributed by atoms with E-state index in [4.69, 9.17) is 23.2 Å². The van der Waals surface area contributed by atoms with Crippen molar-refractivity contribution in [3.8, 4) is 11.3 Å². The van der Waals surface area contributed by atoms with Crippen LogP contribution in [0, 0.1) is 6.92 Å². The number of aryl methyl sites for hydroxylation is 1. The molecule has 4 rings (SSSR count). The van der Waals surface area contributed by atoms with Crippen molar-refractivity contribution in [2.45, 2.75) is 17.6 Å². The van der Waals surface area contributed by atoms with Crippen LogP contribution in [0.15, 0.2) is 83.9 Å². The maximum Gasteiger partial charge on any atom is 0.184 e. The first kappa shape index (κ1) is 21.4. The molecule has 4 nitrogen and oxygen atoms in total. The molecule has 0 atom stereocenters. The van der Waals surface area contributed by atoms with Gasteiger partial charge in [-0.3, -0.25) is 0 Å². The smallest absolute Gasteiger partial charge is 0.184 e. The Balaban J connectivity index is 0.000000755. The van der Waals surface area contributed by atoms with Gasteiger partial charge in [0.05, 0.1) is 27.4 Å². The largest absolute Gasteiger partial charge is 0.302 e. The first-order chi connectivity index (χ1) is 14.0. The van der Waals surface area contributed by atoms with Crippen molar-refractivity contribution < 1.29 is 8.42 Å². The number of aromatic nitrogens is 2. The van der Waals surface area contributed by atoms with Gasteiger partial charge in [0.2, 0.25) is 0 Å². The van der Waals surface area contributed by atoms with Gasteiger partial charge in [0.25, 0.3) is 0 Å². The number of pyridine rings is 1. The van der Waals surface area contributed by atoms with Gasteiger partial charge in [0.15, 0.2) is 9.84 Å². The molecule has 2 aromatic heterocycles. The van der Waals surface area contributed by atoms with Crippen LogP contribution >= 0.6 is 23.2 Å². The van der Waals surface area contributed by atoms with Crippen LogP contribution in [0.3, 0.4) is 0 Å². The summed E-state index contributed by atoms with van der Waals surface area (Å²) in [6, 6.07) is 22.3. The van der Waals surface area contributed by atoms with E-state index in [1.54, 1.807) is 12.1 Å². The molecular formula is C22H20Cl2N2O2S. The minimum atomic E-state index is -3.48. The number of halogens is 2. The Morgan fingerprint density at radius 1 is 0.897 bits per heavy atom. The third-order valence-electron chi connectivity index (χ3n) is 4.38. The highest BCUT2D eigenvalue weighted by molar-refractivity contribution is 7.90. The van der Waals surface area contributed by atoms with Crippen LogP contribution in [-0.2, 0) is 15.6 Å². The van der Waals surface area contributed by atoms with Gasteiger partial charge in [0.1, 0.15) is 5.65 Å². The molecule has 0 saturated heterocycles. The molecule has 2 heterocycles. The Labute approximate surface area is 180 Å². The Morgan fingerprint density at radius 2 is 1.52 bits per heavy atom. The second-order valence-corrected chi connectivity index (χ2v) is 9.17. The van der Waals surface area contributed by atoms with Crippen molar-refractivity contribution in [3.05, 3.63) is 90.3 Å². The summed E-state index contributed by atoms with van der Waals surface area (Å²) in [5.74, 6) is -0.106. The zero-order valence-corrected chi connectivity index (χ0v) is 18.1. The van der Waals surface area contributed by atoms with Crippen molar-refractivity contribution in [3.63, 3.8) is 0 Å². The maximum absolute atomic E-state index is 13.0. The van der Waals surface area contributed by atoms with Gasteiger partial charge in [-0.25, -0.2) is 13.4 Å². The molecule has 0 unspecified atom stereocenters. The van der Waals surface area contributed by atoms with Gasteiger partial charge >= 0.3 is 0 Å². The number of hydrogen-bond acceptors (Lipinski definition) is 3. The zero-order valence-electron chi connectivity index (χ0n) is 15.8. The number of imidazole rings is 1. The number of rotatable bonds is 4. The highest BCUT2D eigenvalue weighted by Gasteiger charge is 2.22. The van der Waals surface area contributed by atoms with Gasteiger partial charge in [-0.15, -0.1) is 23.2 Å². The first-order valence-electron chi connectivity index (χ1n) is 8.89. The molecule has 0 amide bonds. The summed E-state index contributed by atoms with van der Waals surface area (Å²) in [5.41, 5.74) is 4.05. The van der Waals surface area contributed by atoms with Crippen LogP contribution in [0.25, 0.3) is 16.9 Å². The predicted molar refractivity (Wildman–Crippen MR) is 119 cm³/mol. The van der Waals surface area contributed by atoms with Crippen LogP contribution in [0.5, 0.6) is 0 Å². The number of sulfone groups is 1. The third-order valence-corrected chi connectivity index (χ3v) is 6.03.